The Bertz CT molecular complexity index is 372. The number of hydrogen-bond donors (Lipinski definition) is 2. The van der Waals surface area contributed by atoms with Crippen molar-refractivity contribution < 1.29 is 8.42 Å². The normalized spacial score (nSPS) is 12.6. The molecule has 8 heteroatoms. The number of guanidine groups is 1. The number of nitrogens with one attached hydrogen (secondary N) is 1. The lowest BCUT2D eigenvalue weighted by Gasteiger charge is -2.15. The minimum atomic E-state index is -3.08. The largest absolute Gasteiger partial charge is 0.370 e. The van der Waals surface area contributed by atoms with Gasteiger partial charge in [-0.3, -0.25) is 4.99 Å². The zero-order chi connectivity index (χ0) is 14.9. The van der Waals surface area contributed by atoms with Crippen LogP contribution < -0.4 is 11.1 Å². The monoisotopic (exact) mass is 420 g/mol. The van der Waals surface area contributed by atoms with Gasteiger partial charge in [0.25, 0.3) is 0 Å². The van der Waals surface area contributed by atoms with E-state index < -0.39 is 10.0 Å². The average Bonchev–Trinajstić information content (AvgIpc) is 2.33. The third kappa shape index (κ3) is 10.7. The zero-order valence-electron chi connectivity index (χ0n) is 12.9. The maximum atomic E-state index is 11.5. The topological polar surface area (TPSA) is 87.8 Å². The standard InChI is InChI=1S/C12H28N4O2S.HI/c1-5-19(17,18)16(4)10-6-8-14-12(13)15-9-7-11(2)3;/h11H,5-10H2,1-4H3,(H3,13,14,15);1H. The van der Waals surface area contributed by atoms with Crippen LogP contribution in [0.25, 0.3) is 0 Å². The molecule has 0 atom stereocenters. The van der Waals surface area contributed by atoms with Crippen LogP contribution >= 0.6 is 24.0 Å². The molecule has 122 valence electrons. The number of hydrogen-bond acceptors (Lipinski definition) is 3. The van der Waals surface area contributed by atoms with Crippen LogP contribution in [0.15, 0.2) is 4.99 Å². The predicted octanol–water partition coefficient (Wildman–Crippen LogP) is 1.23. The Morgan fingerprint density at radius 1 is 1.40 bits per heavy atom. The molecule has 0 fully saturated rings. The second-order valence-electron chi connectivity index (χ2n) is 4.95. The number of sulfonamides is 1. The molecule has 3 N–H and O–H groups in total. The molecule has 6 nitrogen and oxygen atoms in total. The summed E-state index contributed by atoms with van der Waals surface area (Å²) in [6, 6.07) is 0. The number of nitrogens with two attached hydrogens (primary N) is 1. The van der Waals surface area contributed by atoms with Gasteiger partial charge in [-0.05, 0) is 25.7 Å². The van der Waals surface area contributed by atoms with Gasteiger partial charge in [-0.15, -0.1) is 24.0 Å². The van der Waals surface area contributed by atoms with Crippen LogP contribution in [0.1, 0.15) is 33.6 Å². The van der Waals surface area contributed by atoms with Crippen molar-refractivity contribution in [3.8, 4) is 0 Å². The highest BCUT2D eigenvalue weighted by Gasteiger charge is 2.13. The summed E-state index contributed by atoms with van der Waals surface area (Å²) < 4.78 is 24.3. The molecule has 0 heterocycles. The lowest BCUT2D eigenvalue weighted by molar-refractivity contribution is 0.465. The minimum absolute atomic E-state index is 0. The first-order valence-corrected chi connectivity index (χ1v) is 8.38. The molecule has 0 aliphatic carbocycles. The highest BCUT2D eigenvalue weighted by Crippen LogP contribution is 1.99. The Hall–Kier alpha value is -0.0900. The average molecular weight is 420 g/mol. The fourth-order valence-electron chi connectivity index (χ4n) is 1.40. The van der Waals surface area contributed by atoms with Crippen LogP contribution in [-0.4, -0.2) is 51.1 Å². The van der Waals surface area contributed by atoms with E-state index in [0.717, 1.165) is 13.0 Å². The van der Waals surface area contributed by atoms with E-state index in [1.807, 2.05) is 0 Å². The van der Waals surface area contributed by atoms with Crippen LogP contribution in [-0.2, 0) is 10.0 Å². The maximum Gasteiger partial charge on any atom is 0.213 e. The summed E-state index contributed by atoms with van der Waals surface area (Å²) in [5.41, 5.74) is 5.70. The van der Waals surface area contributed by atoms with Gasteiger partial charge in [-0.25, -0.2) is 12.7 Å². The molecule has 0 radical (unpaired) electrons. The first-order chi connectivity index (χ1) is 8.79. The molecule has 20 heavy (non-hydrogen) atoms. The number of nitrogens with zero attached hydrogens (tertiary/aromatic N) is 2. The van der Waals surface area contributed by atoms with Gasteiger partial charge in [0.05, 0.1) is 5.75 Å². The van der Waals surface area contributed by atoms with Gasteiger partial charge < -0.3 is 11.1 Å². The second kappa shape index (κ2) is 11.6. The molecule has 0 unspecified atom stereocenters. The summed E-state index contributed by atoms with van der Waals surface area (Å²) in [7, 11) is -1.49. The van der Waals surface area contributed by atoms with Gasteiger partial charge in [-0.2, -0.15) is 0 Å². The van der Waals surface area contributed by atoms with Crippen molar-refractivity contribution in [2.24, 2.45) is 16.6 Å². The third-order valence-electron chi connectivity index (χ3n) is 2.78. The van der Waals surface area contributed by atoms with Crippen molar-refractivity contribution in [1.82, 2.24) is 9.62 Å². The van der Waals surface area contributed by atoms with Crippen molar-refractivity contribution in [1.29, 1.82) is 0 Å². The van der Waals surface area contributed by atoms with E-state index in [4.69, 9.17) is 5.73 Å². The van der Waals surface area contributed by atoms with Gasteiger partial charge in [0.15, 0.2) is 5.96 Å². The lowest BCUT2D eigenvalue weighted by atomic mass is 10.1. The smallest absolute Gasteiger partial charge is 0.213 e. The van der Waals surface area contributed by atoms with Gasteiger partial charge in [0.2, 0.25) is 10.0 Å². The van der Waals surface area contributed by atoms with Gasteiger partial charge >= 0.3 is 0 Å². The molecule has 0 saturated carbocycles. The predicted molar refractivity (Wildman–Crippen MR) is 96.1 cm³/mol. The number of rotatable bonds is 9. The van der Waals surface area contributed by atoms with Gasteiger partial charge in [0.1, 0.15) is 0 Å². The van der Waals surface area contributed by atoms with Crippen molar-refractivity contribution >= 4 is 40.0 Å². The SMILES string of the molecule is CCS(=O)(=O)N(C)CCCN=C(N)NCCC(C)C.I. The molecule has 0 saturated heterocycles. The van der Waals surface area contributed by atoms with E-state index in [2.05, 4.69) is 24.2 Å². The fraction of sp³-hybridized carbons (Fsp3) is 0.917. The van der Waals surface area contributed by atoms with Gasteiger partial charge in [0, 0.05) is 26.7 Å². The fourth-order valence-corrected chi connectivity index (χ4v) is 2.25. The Morgan fingerprint density at radius 3 is 2.50 bits per heavy atom. The van der Waals surface area contributed by atoms with E-state index in [0.29, 0.717) is 31.4 Å². The lowest BCUT2D eigenvalue weighted by Crippen LogP contribution is -2.33. The summed E-state index contributed by atoms with van der Waals surface area (Å²) in [4.78, 5) is 4.16. The maximum absolute atomic E-state index is 11.5. The van der Waals surface area contributed by atoms with Crippen LogP contribution in [0.3, 0.4) is 0 Å². The van der Waals surface area contributed by atoms with E-state index in [9.17, 15) is 8.42 Å². The Labute approximate surface area is 140 Å². The van der Waals surface area contributed by atoms with Crippen LogP contribution in [0, 0.1) is 5.92 Å². The van der Waals surface area contributed by atoms with E-state index in [-0.39, 0.29) is 29.7 Å². The summed E-state index contributed by atoms with van der Waals surface area (Å²) in [6.07, 6.45) is 1.72. The highest BCUT2D eigenvalue weighted by molar-refractivity contribution is 14.0. The van der Waals surface area contributed by atoms with Crippen molar-refractivity contribution in [2.75, 3.05) is 32.4 Å². The van der Waals surface area contributed by atoms with Crippen molar-refractivity contribution in [3.05, 3.63) is 0 Å². The Kier molecular flexibility index (Phi) is 12.8. The molecule has 0 aliphatic rings. The Morgan fingerprint density at radius 2 is 2.00 bits per heavy atom. The van der Waals surface area contributed by atoms with Crippen LogP contribution in [0.2, 0.25) is 0 Å². The van der Waals surface area contributed by atoms with Gasteiger partial charge in [-0.1, -0.05) is 13.8 Å². The first-order valence-electron chi connectivity index (χ1n) is 6.77. The summed E-state index contributed by atoms with van der Waals surface area (Å²) in [6.45, 7) is 7.76. The van der Waals surface area contributed by atoms with Crippen LogP contribution in [0.4, 0.5) is 0 Å². The first kappa shape index (κ1) is 22.2. The molecule has 0 spiro atoms. The molecule has 0 aromatic rings. The molecule has 0 bridgehead atoms. The molecule has 0 rings (SSSR count). The van der Waals surface area contributed by atoms with Crippen molar-refractivity contribution in [3.63, 3.8) is 0 Å². The number of halogens is 1. The summed E-state index contributed by atoms with van der Waals surface area (Å²) in [5.74, 6) is 1.20. The third-order valence-corrected chi connectivity index (χ3v) is 4.64. The van der Waals surface area contributed by atoms with Crippen LogP contribution in [0.5, 0.6) is 0 Å². The second-order valence-corrected chi connectivity index (χ2v) is 7.32. The molecule has 0 amide bonds. The van der Waals surface area contributed by atoms with Crippen molar-refractivity contribution in [2.45, 2.75) is 33.6 Å². The highest BCUT2D eigenvalue weighted by atomic mass is 127. The summed E-state index contributed by atoms with van der Waals surface area (Å²) >= 11 is 0. The number of aliphatic imine (C=N–C) groups is 1. The Balaban J connectivity index is 0. The molecular formula is C12H29IN4O2S. The molecule has 0 aromatic carbocycles. The quantitative estimate of drug-likeness (QED) is 0.254. The molecule has 0 aromatic heterocycles. The molecular weight excluding hydrogens is 391 g/mol. The minimum Gasteiger partial charge on any atom is -0.370 e. The van der Waals surface area contributed by atoms with E-state index in [1.165, 1.54) is 4.31 Å². The molecule has 0 aliphatic heterocycles. The van der Waals surface area contributed by atoms with E-state index in [1.54, 1.807) is 14.0 Å². The zero-order valence-corrected chi connectivity index (χ0v) is 16.1. The summed E-state index contributed by atoms with van der Waals surface area (Å²) in [5, 5.41) is 3.04. The van der Waals surface area contributed by atoms with E-state index >= 15 is 0 Å².